The van der Waals surface area contributed by atoms with Gasteiger partial charge in [-0.2, -0.15) is 0 Å². The van der Waals surface area contributed by atoms with E-state index in [1.807, 2.05) is 18.2 Å². The molecule has 0 fully saturated rings. The number of amides is 1. The Morgan fingerprint density at radius 3 is 2.46 bits per heavy atom. The molecule has 2 aromatic carbocycles. The molecular weight excluding hydrogens is 324 g/mol. The zero-order valence-electron chi connectivity index (χ0n) is 15.0. The first kappa shape index (κ1) is 18.0. The highest BCUT2D eigenvalue weighted by Crippen LogP contribution is 2.12. The Morgan fingerprint density at radius 1 is 1.04 bits per heavy atom. The molecule has 0 aliphatic heterocycles. The van der Waals surface area contributed by atoms with Crippen molar-refractivity contribution in [2.45, 2.75) is 32.2 Å². The molecule has 0 radical (unpaired) electrons. The number of nitrogens with zero attached hydrogens (tertiary/aromatic N) is 2. The summed E-state index contributed by atoms with van der Waals surface area (Å²) in [4.78, 5) is 19.7. The number of carbonyl (C=O) groups excluding carboxylic acids is 1. The number of hydrogen-bond donors (Lipinski definition) is 2. The number of nitrogens with one attached hydrogen (secondary N) is 1. The van der Waals surface area contributed by atoms with Crippen molar-refractivity contribution in [2.24, 2.45) is 5.73 Å². The standard InChI is InChI=1S/C21H24N4O/c1-15(13-17-6-9-19-20(14-17)25-12-11-24-19)23-10-2-3-16-4-7-18(8-5-16)21(22)26/h4-9,11-12,14-15,23H,2-3,10,13H2,1H3,(H2,22,26). The molecular formula is C21H24N4O. The summed E-state index contributed by atoms with van der Waals surface area (Å²) < 4.78 is 0. The summed E-state index contributed by atoms with van der Waals surface area (Å²) in [5, 5.41) is 3.57. The van der Waals surface area contributed by atoms with Crippen molar-refractivity contribution in [3.05, 3.63) is 71.5 Å². The fourth-order valence-corrected chi connectivity index (χ4v) is 3.04. The lowest BCUT2D eigenvalue weighted by atomic mass is 10.1. The van der Waals surface area contributed by atoms with Crippen molar-refractivity contribution >= 4 is 16.9 Å². The van der Waals surface area contributed by atoms with E-state index in [0.29, 0.717) is 11.6 Å². The monoisotopic (exact) mass is 348 g/mol. The topological polar surface area (TPSA) is 80.9 Å². The molecule has 3 rings (SSSR count). The van der Waals surface area contributed by atoms with Crippen molar-refractivity contribution in [3.8, 4) is 0 Å². The van der Waals surface area contributed by atoms with Crippen LogP contribution >= 0.6 is 0 Å². The van der Waals surface area contributed by atoms with Gasteiger partial charge in [-0.05, 0) is 68.1 Å². The van der Waals surface area contributed by atoms with Crippen molar-refractivity contribution in [1.82, 2.24) is 15.3 Å². The second kappa shape index (κ2) is 8.54. The minimum Gasteiger partial charge on any atom is -0.366 e. The molecule has 1 aromatic heterocycles. The minimum atomic E-state index is -0.383. The van der Waals surface area contributed by atoms with Crippen LogP contribution in [0.15, 0.2) is 54.9 Å². The van der Waals surface area contributed by atoms with Crippen LogP contribution in [0.2, 0.25) is 0 Å². The quantitative estimate of drug-likeness (QED) is 0.613. The van der Waals surface area contributed by atoms with Gasteiger partial charge in [0, 0.05) is 24.0 Å². The van der Waals surface area contributed by atoms with E-state index < -0.39 is 0 Å². The Morgan fingerprint density at radius 2 is 1.73 bits per heavy atom. The second-order valence-corrected chi connectivity index (χ2v) is 6.60. The third-order valence-corrected chi connectivity index (χ3v) is 4.45. The average Bonchev–Trinajstić information content (AvgIpc) is 2.65. The molecule has 0 saturated carbocycles. The van der Waals surface area contributed by atoms with Gasteiger partial charge in [-0.15, -0.1) is 0 Å². The van der Waals surface area contributed by atoms with Gasteiger partial charge in [-0.3, -0.25) is 14.8 Å². The lowest BCUT2D eigenvalue weighted by Crippen LogP contribution is -2.29. The summed E-state index contributed by atoms with van der Waals surface area (Å²) in [5.41, 5.74) is 10.2. The van der Waals surface area contributed by atoms with Gasteiger partial charge < -0.3 is 11.1 Å². The number of primary amides is 1. The summed E-state index contributed by atoms with van der Waals surface area (Å²) in [5.74, 6) is -0.383. The largest absolute Gasteiger partial charge is 0.366 e. The summed E-state index contributed by atoms with van der Waals surface area (Å²) in [6.45, 7) is 3.15. The van der Waals surface area contributed by atoms with Crippen LogP contribution in [0, 0.1) is 0 Å². The van der Waals surface area contributed by atoms with E-state index in [0.717, 1.165) is 36.8 Å². The van der Waals surface area contributed by atoms with E-state index in [2.05, 4.69) is 34.3 Å². The molecule has 26 heavy (non-hydrogen) atoms. The van der Waals surface area contributed by atoms with E-state index in [1.165, 1.54) is 11.1 Å². The SMILES string of the molecule is CC(Cc1ccc2nccnc2c1)NCCCc1ccc(C(N)=O)cc1. The molecule has 134 valence electrons. The first-order valence-corrected chi connectivity index (χ1v) is 8.93. The van der Waals surface area contributed by atoms with Gasteiger partial charge in [0.05, 0.1) is 11.0 Å². The van der Waals surface area contributed by atoms with Gasteiger partial charge in [0.2, 0.25) is 5.91 Å². The Hall–Kier alpha value is -2.79. The van der Waals surface area contributed by atoms with Gasteiger partial charge in [0.25, 0.3) is 0 Å². The van der Waals surface area contributed by atoms with E-state index in [-0.39, 0.29) is 5.91 Å². The van der Waals surface area contributed by atoms with Crippen LogP contribution < -0.4 is 11.1 Å². The van der Waals surface area contributed by atoms with Crippen LogP contribution in [-0.2, 0) is 12.8 Å². The molecule has 0 aliphatic carbocycles. The first-order valence-electron chi connectivity index (χ1n) is 8.93. The van der Waals surface area contributed by atoms with Crippen LogP contribution in [-0.4, -0.2) is 28.5 Å². The van der Waals surface area contributed by atoms with Gasteiger partial charge in [0.15, 0.2) is 0 Å². The number of fused-ring (bicyclic) bond motifs is 1. The van der Waals surface area contributed by atoms with Crippen LogP contribution in [0.5, 0.6) is 0 Å². The zero-order chi connectivity index (χ0) is 18.4. The third-order valence-electron chi connectivity index (χ3n) is 4.45. The normalized spacial score (nSPS) is 12.2. The molecule has 0 spiro atoms. The molecule has 0 aliphatic rings. The molecule has 1 unspecified atom stereocenters. The van der Waals surface area contributed by atoms with Crippen LogP contribution in [0.4, 0.5) is 0 Å². The number of hydrogen-bond acceptors (Lipinski definition) is 4. The molecule has 5 heteroatoms. The van der Waals surface area contributed by atoms with E-state index in [1.54, 1.807) is 24.5 Å². The molecule has 1 amide bonds. The number of benzene rings is 2. The maximum Gasteiger partial charge on any atom is 0.248 e. The average molecular weight is 348 g/mol. The molecule has 3 aromatic rings. The number of carbonyl (C=O) groups is 1. The highest BCUT2D eigenvalue weighted by atomic mass is 16.1. The second-order valence-electron chi connectivity index (χ2n) is 6.60. The fraction of sp³-hybridized carbons (Fsp3) is 0.286. The highest BCUT2D eigenvalue weighted by molar-refractivity contribution is 5.92. The Kier molecular flexibility index (Phi) is 5.92. The van der Waals surface area contributed by atoms with Gasteiger partial charge >= 0.3 is 0 Å². The van der Waals surface area contributed by atoms with Gasteiger partial charge in [-0.25, -0.2) is 0 Å². The Labute approximate surface area is 153 Å². The summed E-state index contributed by atoms with van der Waals surface area (Å²) in [7, 11) is 0. The highest BCUT2D eigenvalue weighted by Gasteiger charge is 2.05. The van der Waals surface area contributed by atoms with Crippen molar-refractivity contribution in [1.29, 1.82) is 0 Å². The molecule has 1 atom stereocenters. The Bertz CT molecular complexity index is 877. The zero-order valence-corrected chi connectivity index (χ0v) is 15.0. The maximum absolute atomic E-state index is 11.1. The van der Waals surface area contributed by atoms with Crippen molar-refractivity contribution < 1.29 is 4.79 Å². The maximum atomic E-state index is 11.1. The van der Waals surface area contributed by atoms with E-state index in [9.17, 15) is 4.79 Å². The Balaban J connectivity index is 1.43. The molecule has 1 heterocycles. The van der Waals surface area contributed by atoms with Crippen molar-refractivity contribution in [2.75, 3.05) is 6.54 Å². The summed E-state index contributed by atoms with van der Waals surface area (Å²) in [6.07, 6.45) is 6.42. The summed E-state index contributed by atoms with van der Waals surface area (Å²) in [6, 6.07) is 14.2. The third kappa shape index (κ3) is 4.86. The summed E-state index contributed by atoms with van der Waals surface area (Å²) >= 11 is 0. The number of rotatable bonds is 8. The van der Waals surface area contributed by atoms with E-state index >= 15 is 0 Å². The molecule has 0 saturated heterocycles. The predicted octanol–water partition coefficient (Wildman–Crippen LogP) is 2.88. The van der Waals surface area contributed by atoms with Gasteiger partial charge in [-0.1, -0.05) is 18.2 Å². The van der Waals surface area contributed by atoms with Crippen LogP contribution in [0.3, 0.4) is 0 Å². The first-order chi connectivity index (χ1) is 12.6. The number of aryl methyl sites for hydroxylation is 1. The number of nitrogens with two attached hydrogens (primary N) is 1. The van der Waals surface area contributed by atoms with Crippen LogP contribution in [0.1, 0.15) is 34.8 Å². The lowest BCUT2D eigenvalue weighted by Gasteiger charge is -2.14. The van der Waals surface area contributed by atoms with Crippen molar-refractivity contribution in [3.63, 3.8) is 0 Å². The minimum absolute atomic E-state index is 0.383. The fourth-order valence-electron chi connectivity index (χ4n) is 3.04. The molecule has 0 bridgehead atoms. The molecule has 3 N–H and O–H groups in total. The predicted molar refractivity (Wildman–Crippen MR) is 104 cm³/mol. The number of aromatic nitrogens is 2. The van der Waals surface area contributed by atoms with Crippen LogP contribution in [0.25, 0.3) is 11.0 Å². The molecule has 5 nitrogen and oxygen atoms in total. The van der Waals surface area contributed by atoms with Gasteiger partial charge in [0.1, 0.15) is 0 Å². The van der Waals surface area contributed by atoms with E-state index in [4.69, 9.17) is 5.73 Å². The lowest BCUT2D eigenvalue weighted by molar-refractivity contribution is 0.100. The smallest absolute Gasteiger partial charge is 0.248 e.